The van der Waals surface area contributed by atoms with Gasteiger partial charge in [0.25, 0.3) is 0 Å². The third kappa shape index (κ3) is 13.5. The summed E-state index contributed by atoms with van der Waals surface area (Å²) < 4.78 is 31.7. The topological polar surface area (TPSA) is 148 Å². The van der Waals surface area contributed by atoms with Gasteiger partial charge >= 0.3 is 24.1 Å². The maximum atomic E-state index is 12.2. The van der Waals surface area contributed by atoms with E-state index in [9.17, 15) is 19.2 Å². The Kier molecular flexibility index (Phi) is 14.3. The van der Waals surface area contributed by atoms with Crippen LogP contribution in [0.5, 0.6) is 11.5 Å². The number of hydrogen-bond donors (Lipinski definition) is 2. The minimum absolute atomic E-state index is 0.00790. The summed E-state index contributed by atoms with van der Waals surface area (Å²) in [5, 5.41) is 4.94. The lowest BCUT2D eigenvalue weighted by atomic mass is 10.2. The Labute approximate surface area is 231 Å². The van der Waals surface area contributed by atoms with Gasteiger partial charge in [-0.1, -0.05) is 43.5 Å². The Balaban J connectivity index is 1.84. The largest absolute Gasteiger partial charge is 0.490 e. The molecule has 1 unspecified atom stereocenters. The number of ether oxygens (including phenoxy) is 6. The second-order valence-electron chi connectivity index (χ2n) is 7.78. The van der Waals surface area contributed by atoms with Crippen LogP contribution in [0.15, 0.2) is 79.9 Å². The van der Waals surface area contributed by atoms with Crippen molar-refractivity contribution in [2.45, 2.75) is 12.7 Å². The number of esters is 2. The van der Waals surface area contributed by atoms with Gasteiger partial charge < -0.3 is 39.1 Å². The van der Waals surface area contributed by atoms with Crippen molar-refractivity contribution in [2.75, 3.05) is 39.5 Å². The Bertz CT molecular complexity index is 1120. The minimum Gasteiger partial charge on any atom is -0.490 e. The predicted molar refractivity (Wildman–Crippen MR) is 143 cm³/mol. The van der Waals surface area contributed by atoms with Gasteiger partial charge in [-0.25, -0.2) is 19.2 Å². The molecule has 0 radical (unpaired) electrons. The number of rotatable bonds is 17. The molecule has 0 heterocycles. The minimum atomic E-state index is -0.795. The number of carbonyl (C=O) groups excluding carboxylic acids is 4. The fourth-order valence-electron chi connectivity index (χ4n) is 2.86. The summed E-state index contributed by atoms with van der Waals surface area (Å²) >= 11 is 0. The Morgan fingerprint density at radius 2 is 1.30 bits per heavy atom. The molecule has 2 N–H and O–H groups in total. The van der Waals surface area contributed by atoms with Crippen molar-refractivity contribution in [3.8, 4) is 11.5 Å². The average Bonchev–Trinajstić information content (AvgIpc) is 2.98. The van der Waals surface area contributed by atoms with Crippen LogP contribution in [-0.4, -0.2) is 69.7 Å². The maximum absolute atomic E-state index is 12.2. The molecule has 0 aliphatic heterocycles. The SMILES string of the molecule is C=CC(=O)OCCNC(=O)OCc1cccc(OCC(COc2ccccc2)OC(=O)NCCOC(=O)C=C)c1. The molecule has 0 saturated carbocycles. The van der Waals surface area contributed by atoms with Crippen molar-refractivity contribution in [3.05, 3.63) is 85.5 Å². The highest BCUT2D eigenvalue weighted by atomic mass is 16.6. The smallest absolute Gasteiger partial charge is 0.407 e. The highest BCUT2D eigenvalue weighted by Crippen LogP contribution is 2.16. The molecule has 12 heteroatoms. The average molecular weight is 557 g/mol. The van der Waals surface area contributed by atoms with Crippen LogP contribution in [0.2, 0.25) is 0 Å². The number of carbonyl (C=O) groups is 4. The first kappa shape index (κ1) is 31.2. The summed E-state index contributed by atoms with van der Waals surface area (Å²) in [6, 6.07) is 15.8. The van der Waals surface area contributed by atoms with Crippen LogP contribution < -0.4 is 20.1 Å². The lowest BCUT2D eigenvalue weighted by Crippen LogP contribution is -2.37. The molecule has 2 aromatic carbocycles. The van der Waals surface area contributed by atoms with Gasteiger partial charge in [-0.3, -0.25) is 0 Å². The van der Waals surface area contributed by atoms with Crippen LogP contribution in [0.1, 0.15) is 5.56 Å². The Morgan fingerprint density at radius 1 is 0.725 bits per heavy atom. The number of para-hydroxylation sites is 1. The number of hydrogen-bond acceptors (Lipinski definition) is 10. The van der Waals surface area contributed by atoms with E-state index in [1.807, 2.05) is 18.2 Å². The summed E-state index contributed by atoms with van der Waals surface area (Å²) in [6.07, 6.45) is -0.171. The van der Waals surface area contributed by atoms with Crippen LogP contribution in [0.4, 0.5) is 9.59 Å². The molecule has 2 amide bonds. The van der Waals surface area contributed by atoms with Gasteiger partial charge in [-0.15, -0.1) is 0 Å². The van der Waals surface area contributed by atoms with E-state index in [0.717, 1.165) is 12.2 Å². The van der Waals surface area contributed by atoms with Crippen LogP contribution in [0, 0.1) is 0 Å². The summed E-state index contributed by atoms with van der Waals surface area (Å²) in [5.41, 5.74) is 0.649. The molecule has 0 fully saturated rings. The van der Waals surface area contributed by atoms with E-state index >= 15 is 0 Å². The standard InChI is InChI=1S/C28H32N2O10/c1-3-25(31)35-15-13-29-27(33)39-18-21-9-8-12-23(17-21)38-20-24(19-37-22-10-6-5-7-11-22)40-28(34)30-14-16-36-26(32)4-2/h3-12,17,24H,1-2,13-16,18-20H2,(H,29,33)(H,30,34). The van der Waals surface area contributed by atoms with E-state index < -0.39 is 30.2 Å². The van der Waals surface area contributed by atoms with Crippen molar-refractivity contribution < 1.29 is 47.6 Å². The van der Waals surface area contributed by atoms with Crippen molar-refractivity contribution >= 4 is 24.1 Å². The normalized spacial score (nSPS) is 10.7. The lowest BCUT2D eigenvalue weighted by Gasteiger charge is -2.19. The second-order valence-corrected chi connectivity index (χ2v) is 7.78. The van der Waals surface area contributed by atoms with E-state index in [1.54, 1.807) is 36.4 Å². The van der Waals surface area contributed by atoms with Crippen LogP contribution in [0.25, 0.3) is 0 Å². The number of alkyl carbamates (subject to hydrolysis) is 2. The fraction of sp³-hybridized carbons (Fsp3) is 0.286. The van der Waals surface area contributed by atoms with Gasteiger partial charge in [0.1, 0.15) is 44.5 Å². The van der Waals surface area contributed by atoms with Gasteiger partial charge in [0.05, 0.1) is 13.1 Å². The molecular formula is C28H32N2O10. The Morgan fingerprint density at radius 3 is 1.93 bits per heavy atom. The van der Waals surface area contributed by atoms with Crippen molar-refractivity contribution in [1.29, 1.82) is 0 Å². The van der Waals surface area contributed by atoms with Gasteiger partial charge in [-0.2, -0.15) is 0 Å². The van der Waals surface area contributed by atoms with Crippen molar-refractivity contribution in [3.63, 3.8) is 0 Å². The molecule has 12 nitrogen and oxygen atoms in total. The van der Waals surface area contributed by atoms with Gasteiger partial charge in [0.15, 0.2) is 6.10 Å². The van der Waals surface area contributed by atoms with Gasteiger partial charge in [0, 0.05) is 12.2 Å². The molecule has 2 rings (SSSR count). The third-order valence-corrected chi connectivity index (χ3v) is 4.72. The fourth-order valence-corrected chi connectivity index (χ4v) is 2.86. The summed E-state index contributed by atoms with van der Waals surface area (Å²) in [7, 11) is 0. The number of benzene rings is 2. The highest BCUT2D eigenvalue weighted by Gasteiger charge is 2.17. The zero-order valence-corrected chi connectivity index (χ0v) is 21.9. The first-order chi connectivity index (χ1) is 19.4. The quantitative estimate of drug-likeness (QED) is 0.129. The van der Waals surface area contributed by atoms with Gasteiger partial charge in [-0.05, 0) is 29.8 Å². The number of nitrogens with one attached hydrogen (secondary N) is 2. The molecule has 1 atom stereocenters. The molecule has 2 aromatic rings. The monoisotopic (exact) mass is 556 g/mol. The first-order valence-electron chi connectivity index (χ1n) is 12.2. The molecule has 0 aliphatic carbocycles. The maximum Gasteiger partial charge on any atom is 0.407 e. The molecular weight excluding hydrogens is 524 g/mol. The number of amides is 2. The van der Waals surface area contributed by atoms with Crippen LogP contribution in [0.3, 0.4) is 0 Å². The van der Waals surface area contributed by atoms with Crippen LogP contribution >= 0.6 is 0 Å². The summed E-state index contributed by atoms with van der Waals surface area (Å²) in [4.78, 5) is 46.2. The van der Waals surface area contributed by atoms with Crippen molar-refractivity contribution in [2.24, 2.45) is 0 Å². The van der Waals surface area contributed by atoms with E-state index in [1.165, 1.54) is 0 Å². The predicted octanol–water partition coefficient (Wildman–Crippen LogP) is 2.92. The molecule has 0 saturated heterocycles. The molecule has 0 aromatic heterocycles. The first-order valence-corrected chi connectivity index (χ1v) is 12.2. The second kappa shape index (κ2) is 18.3. The molecule has 0 aliphatic rings. The zero-order chi connectivity index (χ0) is 29.0. The van der Waals surface area contributed by atoms with E-state index in [2.05, 4.69) is 23.8 Å². The molecule has 0 bridgehead atoms. The summed E-state index contributed by atoms with van der Waals surface area (Å²) in [6.45, 7) is 6.57. The van der Waals surface area contributed by atoms with Gasteiger partial charge in [0.2, 0.25) is 0 Å². The van der Waals surface area contributed by atoms with E-state index in [0.29, 0.717) is 17.1 Å². The van der Waals surface area contributed by atoms with Crippen molar-refractivity contribution in [1.82, 2.24) is 10.6 Å². The Hall–Kier alpha value is -5.00. The van der Waals surface area contributed by atoms with E-state index in [4.69, 9.17) is 28.4 Å². The third-order valence-electron chi connectivity index (χ3n) is 4.72. The zero-order valence-electron chi connectivity index (χ0n) is 21.9. The molecule has 40 heavy (non-hydrogen) atoms. The molecule has 0 spiro atoms. The summed E-state index contributed by atoms with van der Waals surface area (Å²) in [5.74, 6) is -0.150. The van der Waals surface area contributed by atoms with Crippen LogP contribution in [-0.2, 0) is 35.1 Å². The lowest BCUT2D eigenvalue weighted by molar-refractivity contribution is -0.138. The van der Waals surface area contributed by atoms with E-state index in [-0.39, 0.29) is 46.1 Å². The molecule has 214 valence electrons. The highest BCUT2D eigenvalue weighted by molar-refractivity contribution is 5.81.